The Labute approximate surface area is 238 Å². The zero-order valence-corrected chi connectivity index (χ0v) is 23.4. The number of carboxylic acid groups (broad SMARTS) is 1. The summed E-state index contributed by atoms with van der Waals surface area (Å²) in [4.78, 5) is 27.3. The van der Waals surface area contributed by atoms with Crippen molar-refractivity contribution in [1.29, 1.82) is 0 Å². The summed E-state index contributed by atoms with van der Waals surface area (Å²) in [6.07, 6.45) is 1.86. The number of aryl methyl sites for hydroxylation is 1. The van der Waals surface area contributed by atoms with Crippen molar-refractivity contribution in [3.05, 3.63) is 70.3 Å². The normalized spacial score (nSPS) is 29.4. The number of fused-ring (bicyclic) bond motifs is 3. The summed E-state index contributed by atoms with van der Waals surface area (Å²) in [6.45, 7) is 1.13. The van der Waals surface area contributed by atoms with Crippen molar-refractivity contribution in [2.75, 3.05) is 6.54 Å². The third kappa shape index (κ3) is 4.95. The first kappa shape index (κ1) is 28.2. The van der Waals surface area contributed by atoms with Crippen LogP contribution in [-0.2, 0) is 33.5 Å². The lowest BCUT2D eigenvalue weighted by molar-refractivity contribution is -0.228. The number of carboxylic acids is 1. The summed E-state index contributed by atoms with van der Waals surface area (Å²) in [5.74, 6) is -0.758. The van der Waals surface area contributed by atoms with E-state index in [9.17, 15) is 32.3 Å². The minimum atomic E-state index is -5.02. The molecule has 2 aromatic carbocycles. The molecule has 41 heavy (non-hydrogen) atoms. The van der Waals surface area contributed by atoms with Crippen molar-refractivity contribution in [3.63, 3.8) is 0 Å². The Morgan fingerprint density at radius 1 is 0.951 bits per heavy atom. The van der Waals surface area contributed by atoms with Gasteiger partial charge >= 0.3 is 12.1 Å². The minimum absolute atomic E-state index is 0.0703. The van der Waals surface area contributed by atoms with Gasteiger partial charge in [0.2, 0.25) is 11.6 Å². The van der Waals surface area contributed by atoms with Crippen LogP contribution in [0, 0.1) is 11.8 Å². The molecule has 3 aliphatic carbocycles. The van der Waals surface area contributed by atoms with E-state index in [0.717, 1.165) is 16.7 Å². The Balaban J connectivity index is 1.35. The molecular formula is C33H37F4NO3. The molecule has 1 N–H and O–H groups in total. The number of likely N-dealkylation sites (tertiary alicyclic amines) is 1. The van der Waals surface area contributed by atoms with E-state index in [1.54, 1.807) is 6.07 Å². The second-order valence-electron chi connectivity index (χ2n) is 12.9. The minimum Gasteiger partial charge on any atom is -0.481 e. The maximum Gasteiger partial charge on any atom is 0.426 e. The monoisotopic (exact) mass is 571 g/mol. The second kappa shape index (κ2) is 10.1. The van der Waals surface area contributed by atoms with Crippen molar-refractivity contribution in [2.24, 2.45) is 11.8 Å². The second-order valence-corrected chi connectivity index (χ2v) is 12.9. The number of alkyl halides is 4. The summed E-state index contributed by atoms with van der Waals surface area (Å²) in [7, 11) is 0. The first-order valence-corrected chi connectivity index (χ1v) is 14.9. The molecule has 8 heteroatoms. The number of aliphatic carboxylic acids is 1. The van der Waals surface area contributed by atoms with E-state index in [1.807, 2.05) is 4.90 Å². The Bertz CT molecular complexity index is 1340. The van der Waals surface area contributed by atoms with Gasteiger partial charge in [0.15, 0.2) is 0 Å². The molecule has 6 rings (SSSR count). The third-order valence-electron chi connectivity index (χ3n) is 10.4. The average molecular weight is 572 g/mol. The molecule has 3 unspecified atom stereocenters. The highest BCUT2D eigenvalue weighted by Gasteiger charge is 2.56. The number of hydrogen-bond acceptors (Lipinski definition) is 2. The maximum absolute atomic E-state index is 15.0. The van der Waals surface area contributed by atoms with E-state index in [4.69, 9.17) is 0 Å². The van der Waals surface area contributed by atoms with E-state index in [-0.39, 0.29) is 23.4 Å². The SMILES string of the molecule is CC(F)(c1ccc2c(c1)CCC1N(C(=O)C3CCC(C(=O)O)CC3)CCC21Cc1cccc(C2CC2)c1)C(F)(F)F. The maximum atomic E-state index is 15.0. The predicted octanol–water partition coefficient (Wildman–Crippen LogP) is 7.23. The number of carbonyl (C=O) groups is 2. The summed E-state index contributed by atoms with van der Waals surface area (Å²) < 4.78 is 55.7. The smallest absolute Gasteiger partial charge is 0.426 e. The number of halogens is 4. The van der Waals surface area contributed by atoms with Gasteiger partial charge in [-0.15, -0.1) is 0 Å². The Morgan fingerprint density at radius 3 is 2.32 bits per heavy atom. The lowest BCUT2D eigenvalue weighted by atomic mass is 9.63. The molecule has 2 aromatic rings. The van der Waals surface area contributed by atoms with Crippen molar-refractivity contribution < 1.29 is 32.3 Å². The van der Waals surface area contributed by atoms with Crippen LogP contribution in [0.15, 0.2) is 42.5 Å². The van der Waals surface area contributed by atoms with Crippen LogP contribution in [0.2, 0.25) is 0 Å². The Kier molecular flexibility index (Phi) is 6.97. The zero-order valence-electron chi connectivity index (χ0n) is 23.4. The van der Waals surface area contributed by atoms with Crippen LogP contribution in [0.1, 0.15) is 92.0 Å². The zero-order chi connectivity index (χ0) is 29.2. The molecule has 0 aromatic heterocycles. The van der Waals surface area contributed by atoms with Gasteiger partial charge in [0.05, 0.1) is 5.92 Å². The van der Waals surface area contributed by atoms with Crippen LogP contribution in [0.4, 0.5) is 17.6 Å². The van der Waals surface area contributed by atoms with E-state index >= 15 is 0 Å². The molecule has 0 radical (unpaired) electrons. The van der Waals surface area contributed by atoms with Crippen LogP contribution in [0.25, 0.3) is 0 Å². The van der Waals surface area contributed by atoms with Gasteiger partial charge in [-0.2, -0.15) is 13.2 Å². The topological polar surface area (TPSA) is 57.6 Å². The number of hydrogen-bond donors (Lipinski definition) is 1. The highest BCUT2D eigenvalue weighted by Crippen LogP contribution is 2.52. The third-order valence-corrected chi connectivity index (χ3v) is 10.4. The van der Waals surface area contributed by atoms with Gasteiger partial charge in [-0.25, -0.2) is 4.39 Å². The van der Waals surface area contributed by atoms with Gasteiger partial charge in [-0.05, 0) is 105 Å². The van der Waals surface area contributed by atoms with E-state index in [0.29, 0.717) is 70.8 Å². The average Bonchev–Trinajstić information content (AvgIpc) is 3.73. The molecule has 4 nitrogen and oxygen atoms in total. The molecule has 0 bridgehead atoms. The number of nitrogens with zero attached hydrogens (tertiary/aromatic N) is 1. The first-order valence-electron chi connectivity index (χ1n) is 14.9. The molecule has 2 saturated carbocycles. The van der Waals surface area contributed by atoms with Crippen LogP contribution in [0.5, 0.6) is 0 Å². The molecule has 1 aliphatic heterocycles. The number of rotatable bonds is 6. The van der Waals surface area contributed by atoms with E-state index in [1.165, 1.54) is 30.5 Å². The lowest BCUT2D eigenvalue weighted by Crippen LogP contribution is -2.51. The fraction of sp³-hybridized carbons (Fsp3) is 0.576. The van der Waals surface area contributed by atoms with Crippen LogP contribution in [0.3, 0.4) is 0 Å². The lowest BCUT2D eigenvalue weighted by Gasteiger charge is -2.45. The summed E-state index contributed by atoms with van der Waals surface area (Å²) in [5, 5.41) is 9.39. The van der Waals surface area contributed by atoms with E-state index in [2.05, 4.69) is 24.3 Å². The molecule has 3 fully saturated rings. The van der Waals surface area contributed by atoms with Gasteiger partial charge in [0, 0.05) is 23.9 Å². The van der Waals surface area contributed by atoms with Gasteiger partial charge in [0.25, 0.3) is 0 Å². The fourth-order valence-electron chi connectivity index (χ4n) is 7.85. The molecule has 1 amide bonds. The summed E-state index contributed by atoms with van der Waals surface area (Å²) in [5.41, 5.74) is -0.183. The number of benzene rings is 2. The highest BCUT2D eigenvalue weighted by molar-refractivity contribution is 5.80. The molecular weight excluding hydrogens is 534 g/mol. The van der Waals surface area contributed by atoms with Gasteiger partial charge in [-0.3, -0.25) is 9.59 Å². The van der Waals surface area contributed by atoms with Crippen molar-refractivity contribution >= 4 is 11.9 Å². The van der Waals surface area contributed by atoms with Crippen molar-refractivity contribution in [2.45, 2.75) is 100 Å². The molecule has 4 aliphatic rings. The standard InChI is InChI=1S/C33H37F4NO3/c1-31(34,33(35,36)37)26-12-13-27-25(18-26)11-14-28-32(27,19-20-3-2-4-24(17-20)21-5-6-21)15-16-38(28)29(39)22-7-9-23(10-8-22)30(40)41/h2-4,12-13,17-18,21-23,28H,5-11,14-16,19H2,1H3,(H,40,41). The van der Waals surface area contributed by atoms with Crippen molar-refractivity contribution in [3.8, 4) is 0 Å². The number of carbonyl (C=O) groups excluding carboxylic acids is 1. The van der Waals surface area contributed by atoms with Gasteiger partial charge in [-0.1, -0.05) is 42.5 Å². The van der Waals surface area contributed by atoms with Crippen LogP contribution in [-0.4, -0.2) is 40.6 Å². The summed E-state index contributed by atoms with van der Waals surface area (Å²) >= 11 is 0. The number of amides is 1. The Hall–Kier alpha value is -2.90. The largest absolute Gasteiger partial charge is 0.481 e. The molecule has 1 saturated heterocycles. The summed E-state index contributed by atoms with van der Waals surface area (Å²) in [6, 6.07) is 12.8. The van der Waals surface area contributed by atoms with Gasteiger partial charge in [0.1, 0.15) is 0 Å². The molecule has 220 valence electrons. The van der Waals surface area contributed by atoms with Gasteiger partial charge < -0.3 is 10.0 Å². The van der Waals surface area contributed by atoms with Crippen molar-refractivity contribution in [1.82, 2.24) is 4.90 Å². The first-order chi connectivity index (χ1) is 19.4. The molecule has 0 spiro atoms. The van der Waals surface area contributed by atoms with E-state index < -0.39 is 29.1 Å². The highest BCUT2D eigenvalue weighted by atomic mass is 19.4. The molecule has 1 heterocycles. The van der Waals surface area contributed by atoms with Crippen LogP contribution < -0.4 is 0 Å². The predicted molar refractivity (Wildman–Crippen MR) is 146 cm³/mol. The van der Waals surface area contributed by atoms with Crippen LogP contribution >= 0.6 is 0 Å². The molecule has 3 atom stereocenters. The fourth-order valence-corrected chi connectivity index (χ4v) is 7.85. The Morgan fingerprint density at radius 2 is 1.66 bits per heavy atom. The quantitative estimate of drug-likeness (QED) is 0.372.